The van der Waals surface area contributed by atoms with Crippen molar-refractivity contribution < 1.29 is 41.7 Å². The van der Waals surface area contributed by atoms with Crippen molar-refractivity contribution in [3.05, 3.63) is 47.0 Å². The largest absolute Gasteiger partial charge is 0.573 e. The highest BCUT2D eigenvalue weighted by atomic mass is 35.5. The Bertz CT molecular complexity index is 933. The van der Waals surface area contributed by atoms with Crippen LogP contribution in [-0.2, 0) is 9.53 Å². The molecule has 1 heterocycles. The first-order valence-corrected chi connectivity index (χ1v) is 9.01. The lowest BCUT2D eigenvalue weighted by molar-refractivity contribution is -0.274. The van der Waals surface area contributed by atoms with Crippen LogP contribution in [0.4, 0.5) is 18.9 Å². The second-order valence-corrected chi connectivity index (χ2v) is 6.44. The van der Waals surface area contributed by atoms with Crippen LogP contribution < -0.4 is 19.5 Å². The van der Waals surface area contributed by atoms with Gasteiger partial charge in [-0.25, -0.2) is 4.79 Å². The maximum Gasteiger partial charge on any atom is 0.573 e. The molecule has 0 saturated carbocycles. The minimum atomic E-state index is -4.81. The van der Waals surface area contributed by atoms with Crippen LogP contribution in [0.3, 0.4) is 0 Å². The molecule has 11 heteroatoms. The van der Waals surface area contributed by atoms with Gasteiger partial charge in [0.25, 0.3) is 5.91 Å². The average molecular weight is 446 g/mol. The van der Waals surface area contributed by atoms with E-state index in [4.69, 9.17) is 25.8 Å². The molecule has 0 aliphatic carbocycles. The fourth-order valence-electron chi connectivity index (χ4n) is 2.50. The van der Waals surface area contributed by atoms with E-state index >= 15 is 0 Å². The van der Waals surface area contributed by atoms with Gasteiger partial charge in [-0.1, -0.05) is 11.6 Å². The van der Waals surface area contributed by atoms with Gasteiger partial charge in [-0.15, -0.1) is 13.2 Å². The molecule has 0 fully saturated rings. The molecule has 0 unspecified atom stereocenters. The quantitative estimate of drug-likeness (QED) is 0.695. The van der Waals surface area contributed by atoms with Crippen LogP contribution in [0.15, 0.2) is 36.4 Å². The van der Waals surface area contributed by atoms with Gasteiger partial charge in [-0.05, 0) is 36.4 Å². The van der Waals surface area contributed by atoms with E-state index in [0.717, 1.165) is 12.1 Å². The molecule has 160 valence electrons. The van der Waals surface area contributed by atoms with Crippen molar-refractivity contribution in [2.24, 2.45) is 0 Å². The average Bonchev–Trinajstić information content (AvgIpc) is 2.92. The molecule has 0 spiro atoms. The number of anilines is 1. The van der Waals surface area contributed by atoms with E-state index in [0.29, 0.717) is 31.1 Å². The second-order valence-electron chi connectivity index (χ2n) is 6.03. The number of nitrogens with one attached hydrogen (secondary N) is 1. The van der Waals surface area contributed by atoms with Crippen molar-refractivity contribution in [2.75, 3.05) is 25.1 Å². The molecule has 1 aliphatic heterocycles. The van der Waals surface area contributed by atoms with Gasteiger partial charge in [0, 0.05) is 12.1 Å². The van der Waals surface area contributed by atoms with Gasteiger partial charge in [0.2, 0.25) is 0 Å². The standard InChI is InChI=1S/C19H15ClF3NO6/c20-14-8-11(9-15-17(14)28-7-1-6-27-15)18(26)29-10-16(25)24-12-2-4-13(5-3-12)30-19(21,22)23/h2-5,8-9H,1,6-7,10H2,(H,24,25). The van der Waals surface area contributed by atoms with Crippen LogP contribution in [0.2, 0.25) is 5.02 Å². The summed E-state index contributed by atoms with van der Waals surface area (Å²) in [7, 11) is 0. The molecule has 0 aromatic heterocycles. The Morgan fingerprint density at radius 2 is 1.80 bits per heavy atom. The lowest BCUT2D eigenvalue weighted by Crippen LogP contribution is -2.21. The number of carbonyl (C=O) groups excluding carboxylic acids is 2. The summed E-state index contributed by atoms with van der Waals surface area (Å²) in [6, 6.07) is 7.25. The van der Waals surface area contributed by atoms with Crippen molar-refractivity contribution in [3.8, 4) is 17.2 Å². The van der Waals surface area contributed by atoms with Crippen LogP contribution in [0.25, 0.3) is 0 Å². The summed E-state index contributed by atoms with van der Waals surface area (Å²) in [4.78, 5) is 24.2. The zero-order valence-corrected chi connectivity index (χ0v) is 16.0. The molecular weight excluding hydrogens is 431 g/mol. The van der Waals surface area contributed by atoms with Crippen LogP contribution in [0, 0.1) is 0 Å². The fourth-order valence-corrected chi connectivity index (χ4v) is 2.77. The maximum absolute atomic E-state index is 12.2. The fraction of sp³-hybridized carbons (Fsp3) is 0.263. The minimum Gasteiger partial charge on any atom is -0.489 e. The highest BCUT2D eigenvalue weighted by molar-refractivity contribution is 6.32. The topological polar surface area (TPSA) is 83.1 Å². The number of esters is 1. The Morgan fingerprint density at radius 3 is 2.50 bits per heavy atom. The summed E-state index contributed by atoms with van der Waals surface area (Å²) in [5.74, 6) is -1.29. The number of alkyl halides is 3. The molecule has 30 heavy (non-hydrogen) atoms. The number of hydrogen-bond donors (Lipinski definition) is 1. The number of amides is 1. The SMILES string of the molecule is O=C(COC(=O)c1cc(Cl)c2c(c1)OCCCO2)Nc1ccc(OC(F)(F)F)cc1. The first kappa shape index (κ1) is 21.6. The van der Waals surface area contributed by atoms with Gasteiger partial charge < -0.3 is 24.3 Å². The van der Waals surface area contributed by atoms with Gasteiger partial charge in [-0.2, -0.15) is 0 Å². The van der Waals surface area contributed by atoms with Crippen molar-refractivity contribution in [3.63, 3.8) is 0 Å². The van der Waals surface area contributed by atoms with E-state index in [-0.39, 0.29) is 16.3 Å². The monoisotopic (exact) mass is 445 g/mol. The number of fused-ring (bicyclic) bond motifs is 1. The van der Waals surface area contributed by atoms with Crippen LogP contribution >= 0.6 is 11.6 Å². The molecule has 2 aromatic carbocycles. The normalized spacial score (nSPS) is 13.2. The van der Waals surface area contributed by atoms with Crippen LogP contribution in [-0.4, -0.2) is 38.1 Å². The zero-order valence-electron chi connectivity index (χ0n) is 15.3. The molecule has 0 radical (unpaired) electrons. The van der Waals surface area contributed by atoms with Crippen LogP contribution in [0.5, 0.6) is 17.2 Å². The third-order valence-electron chi connectivity index (χ3n) is 3.74. The summed E-state index contributed by atoms with van der Waals surface area (Å²) >= 11 is 6.11. The number of halogens is 4. The van der Waals surface area contributed by atoms with Gasteiger partial charge in [0.05, 0.1) is 23.8 Å². The molecule has 3 rings (SSSR count). The van der Waals surface area contributed by atoms with E-state index in [1.165, 1.54) is 24.3 Å². The first-order chi connectivity index (χ1) is 14.2. The van der Waals surface area contributed by atoms with E-state index in [1.54, 1.807) is 0 Å². The lowest BCUT2D eigenvalue weighted by Gasteiger charge is -2.12. The molecule has 0 atom stereocenters. The second kappa shape index (κ2) is 9.12. The molecule has 1 N–H and O–H groups in total. The Balaban J connectivity index is 1.55. The summed E-state index contributed by atoms with van der Waals surface area (Å²) in [6.45, 7) is 0.211. The van der Waals surface area contributed by atoms with E-state index in [2.05, 4.69) is 10.1 Å². The number of benzene rings is 2. The molecule has 0 saturated heterocycles. The van der Waals surface area contributed by atoms with E-state index in [9.17, 15) is 22.8 Å². The van der Waals surface area contributed by atoms with Gasteiger partial charge in [0.15, 0.2) is 18.1 Å². The molecule has 2 aromatic rings. The molecule has 0 bridgehead atoms. The highest BCUT2D eigenvalue weighted by Crippen LogP contribution is 2.38. The predicted molar refractivity (Wildman–Crippen MR) is 99.1 cm³/mol. The maximum atomic E-state index is 12.2. The number of ether oxygens (including phenoxy) is 4. The van der Waals surface area contributed by atoms with Crippen molar-refractivity contribution >= 4 is 29.2 Å². The van der Waals surface area contributed by atoms with Crippen molar-refractivity contribution in [1.82, 2.24) is 0 Å². The van der Waals surface area contributed by atoms with Gasteiger partial charge in [-0.3, -0.25) is 4.79 Å². The molecule has 7 nitrogen and oxygen atoms in total. The summed E-state index contributed by atoms with van der Waals surface area (Å²) in [6.07, 6.45) is -4.15. The van der Waals surface area contributed by atoms with Crippen LogP contribution in [0.1, 0.15) is 16.8 Å². The molecule has 1 amide bonds. The molecular formula is C19H15ClF3NO6. The Hall–Kier alpha value is -3.14. The zero-order chi connectivity index (χ0) is 21.7. The minimum absolute atomic E-state index is 0.0747. The summed E-state index contributed by atoms with van der Waals surface area (Å²) < 4.78 is 56.1. The number of carbonyl (C=O) groups is 2. The van der Waals surface area contributed by atoms with Crippen molar-refractivity contribution in [2.45, 2.75) is 12.8 Å². The lowest BCUT2D eigenvalue weighted by atomic mass is 10.2. The number of rotatable bonds is 5. The molecule has 1 aliphatic rings. The third-order valence-corrected chi connectivity index (χ3v) is 4.02. The van der Waals surface area contributed by atoms with E-state index in [1.807, 2.05) is 0 Å². The van der Waals surface area contributed by atoms with Crippen molar-refractivity contribution in [1.29, 1.82) is 0 Å². The smallest absolute Gasteiger partial charge is 0.489 e. The van der Waals surface area contributed by atoms with E-state index < -0.39 is 30.6 Å². The summed E-state index contributed by atoms with van der Waals surface area (Å²) in [5.41, 5.74) is 0.273. The Morgan fingerprint density at radius 1 is 1.10 bits per heavy atom. The number of hydrogen-bond acceptors (Lipinski definition) is 6. The third kappa shape index (κ3) is 5.93. The van der Waals surface area contributed by atoms with Gasteiger partial charge in [0.1, 0.15) is 5.75 Å². The van der Waals surface area contributed by atoms with Gasteiger partial charge >= 0.3 is 12.3 Å². The Kier molecular flexibility index (Phi) is 6.56. The predicted octanol–water partition coefficient (Wildman–Crippen LogP) is 4.20. The first-order valence-electron chi connectivity index (χ1n) is 8.63. The Labute approximate surface area is 173 Å². The highest BCUT2D eigenvalue weighted by Gasteiger charge is 2.31. The summed E-state index contributed by atoms with van der Waals surface area (Å²) in [5, 5.41) is 2.56.